The van der Waals surface area contributed by atoms with Crippen LogP contribution in [-0.2, 0) is 4.74 Å². The maximum atomic E-state index is 5.50. The van der Waals surface area contributed by atoms with E-state index in [-0.39, 0.29) is 0 Å². The Hall–Kier alpha value is -1.06. The molecule has 2 aliphatic rings. The molecule has 0 amide bonds. The first-order chi connectivity index (χ1) is 10.2. The topological polar surface area (TPSA) is 15.7 Å². The summed E-state index contributed by atoms with van der Waals surface area (Å²) in [6, 6.07) is 7.43. The van der Waals surface area contributed by atoms with Crippen molar-refractivity contribution in [2.24, 2.45) is 0 Å². The van der Waals surface area contributed by atoms with Gasteiger partial charge >= 0.3 is 0 Å². The number of benzene rings is 1. The molecule has 0 unspecified atom stereocenters. The highest BCUT2D eigenvalue weighted by Crippen LogP contribution is 2.28. The minimum Gasteiger partial charge on any atom is -0.380 e. The molecule has 0 N–H and O–H groups in total. The number of nitrogens with zero attached hydrogens (tertiary/aromatic N) is 2. The monoisotopic (exact) mass is 288 g/mol. The highest BCUT2D eigenvalue weighted by molar-refractivity contribution is 5.56. The molecular weight excluding hydrogens is 260 g/mol. The summed E-state index contributed by atoms with van der Waals surface area (Å²) >= 11 is 0. The Labute approximate surface area is 128 Å². The molecular formula is C18H28N2O. The summed E-state index contributed by atoms with van der Waals surface area (Å²) in [6.07, 6.45) is 4.23. The van der Waals surface area contributed by atoms with Crippen molar-refractivity contribution in [3.8, 4) is 0 Å². The molecule has 2 heterocycles. The Kier molecular flexibility index (Phi) is 4.51. The van der Waals surface area contributed by atoms with Gasteiger partial charge in [-0.15, -0.1) is 0 Å². The van der Waals surface area contributed by atoms with Crippen LogP contribution in [0, 0.1) is 13.8 Å². The van der Waals surface area contributed by atoms with Crippen LogP contribution in [0.2, 0.25) is 0 Å². The molecule has 3 nitrogen and oxygen atoms in total. The van der Waals surface area contributed by atoms with E-state index < -0.39 is 0 Å². The van der Waals surface area contributed by atoms with E-state index in [4.69, 9.17) is 4.74 Å². The van der Waals surface area contributed by atoms with E-state index in [9.17, 15) is 0 Å². The third-order valence-corrected chi connectivity index (χ3v) is 5.41. The number of hydrogen-bond donors (Lipinski definition) is 0. The van der Waals surface area contributed by atoms with Crippen molar-refractivity contribution in [3.05, 3.63) is 29.3 Å². The molecule has 0 bridgehead atoms. The highest BCUT2D eigenvalue weighted by Gasteiger charge is 2.30. The van der Waals surface area contributed by atoms with Gasteiger partial charge in [-0.3, -0.25) is 4.90 Å². The third-order valence-electron chi connectivity index (χ3n) is 5.41. The van der Waals surface area contributed by atoms with Crippen molar-refractivity contribution < 1.29 is 4.74 Å². The predicted octanol–water partition coefficient (Wildman–Crippen LogP) is 2.99. The normalized spacial score (nSPS) is 24.7. The number of anilines is 1. The van der Waals surface area contributed by atoms with E-state index in [1.54, 1.807) is 0 Å². The van der Waals surface area contributed by atoms with E-state index in [1.165, 1.54) is 55.7 Å². The van der Waals surface area contributed by atoms with Gasteiger partial charge < -0.3 is 9.64 Å². The summed E-state index contributed by atoms with van der Waals surface area (Å²) in [6.45, 7) is 9.17. The van der Waals surface area contributed by atoms with Crippen LogP contribution in [0.4, 0.5) is 5.69 Å². The van der Waals surface area contributed by atoms with E-state index in [1.807, 2.05) is 7.11 Å². The van der Waals surface area contributed by atoms with Crippen molar-refractivity contribution in [3.63, 3.8) is 0 Å². The Balaban J connectivity index is 1.59. The lowest BCUT2D eigenvalue weighted by Gasteiger charge is -2.38. The van der Waals surface area contributed by atoms with Crippen molar-refractivity contribution >= 4 is 5.69 Å². The molecule has 0 radical (unpaired) electrons. The zero-order chi connectivity index (χ0) is 14.8. The zero-order valence-electron chi connectivity index (χ0n) is 13.6. The second-order valence-electron chi connectivity index (χ2n) is 6.58. The minimum absolute atomic E-state index is 0.460. The average molecular weight is 288 g/mol. The molecule has 0 aromatic heterocycles. The SMILES string of the molecule is CO[C@@H]1CCN(C2CCN(c3cccc(C)c3C)CC2)C1. The van der Waals surface area contributed by atoms with Crippen molar-refractivity contribution in [2.75, 3.05) is 38.2 Å². The third kappa shape index (κ3) is 3.09. The summed E-state index contributed by atoms with van der Waals surface area (Å²) < 4.78 is 5.50. The summed E-state index contributed by atoms with van der Waals surface area (Å²) in [5.74, 6) is 0. The maximum Gasteiger partial charge on any atom is 0.0710 e. The standard InChI is InChI=1S/C18H28N2O/c1-14-5-4-6-18(15(14)2)19-10-7-16(8-11-19)20-12-9-17(13-20)21-3/h4-6,16-17H,7-13H2,1-3H3/t17-/m1/s1. The number of rotatable bonds is 3. The van der Waals surface area contributed by atoms with Crippen LogP contribution in [0.25, 0.3) is 0 Å². The fourth-order valence-electron chi connectivity index (χ4n) is 3.83. The fraction of sp³-hybridized carbons (Fsp3) is 0.667. The van der Waals surface area contributed by atoms with Crippen LogP contribution in [0.15, 0.2) is 18.2 Å². The Morgan fingerprint density at radius 3 is 2.48 bits per heavy atom. The molecule has 1 aromatic carbocycles. The lowest BCUT2D eigenvalue weighted by molar-refractivity contribution is 0.0975. The smallest absolute Gasteiger partial charge is 0.0710 e. The molecule has 0 saturated carbocycles. The van der Waals surface area contributed by atoms with Crippen LogP contribution in [0.3, 0.4) is 0 Å². The quantitative estimate of drug-likeness (QED) is 0.850. The van der Waals surface area contributed by atoms with Crippen LogP contribution in [-0.4, -0.2) is 50.3 Å². The second-order valence-corrected chi connectivity index (χ2v) is 6.58. The van der Waals surface area contributed by atoms with Crippen molar-refractivity contribution in [1.82, 2.24) is 4.90 Å². The summed E-state index contributed by atoms with van der Waals surface area (Å²) in [7, 11) is 1.84. The lowest BCUT2D eigenvalue weighted by Crippen LogP contribution is -2.44. The number of aryl methyl sites for hydroxylation is 1. The van der Waals surface area contributed by atoms with Gasteiger partial charge in [0.2, 0.25) is 0 Å². The number of likely N-dealkylation sites (tertiary alicyclic amines) is 1. The Morgan fingerprint density at radius 2 is 1.81 bits per heavy atom. The number of hydrogen-bond acceptors (Lipinski definition) is 3. The van der Waals surface area contributed by atoms with Gasteiger partial charge in [-0.1, -0.05) is 12.1 Å². The molecule has 1 atom stereocenters. The van der Waals surface area contributed by atoms with Gasteiger partial charge in [0.25, 0.3) is 0 Å². The Morgan fingerprint density at radius 1 is 1.05 bits per heavy atom. The molecule has 1 aromatic rings. The minimum atomic E-state index is 0.460. The van der Waals surface area contributed by atoms with Crippen LogP contribution in [0.5, 0.6) is 0 Å². The van der Waals surface area contributed by atoms with Gasteiger partial charge in [0.05, 0.1) is 6.10 Å². The van der Waals surface area contributed by atoms with Gasteiger partial charge in [0, 0.05) is 45.0 Å². The molecule has 21 heavy (non-hydrogen) atoms. The van der Waals surface area contributed by atoms with Crippen molar-refractivity contribution in [2.45, 2.75) is 45.3 Å². The molecule has 0 aliphatic carbocycles. The summed E-state index contributed by atoms with van der Waals surface area (Å²) in [4.78, 5) is 5.22. The largest absolute Gasteiger partial charge is 0.380 e. The maximum absolute atomic E-state index is 5.50. The van der Waals surface area contributed by atoms with E-state index >= 15 is 0 Å². The molecule has 2 saturated heterocycles. The molecule has 2 aliphatic heterocycles. The molecule has 3 heteroatoms. The first-order valence-corrected chi connectivity index (χ1v) is 8.27. The molecule has 2 fully saturated rings. The lowest BCUT2D eigenvalue weighted by atomic mass is 10.0. The molecule has 3 rings (SSSR count). The fourth-order valence-corrected chi connectivity index (χ4v) is 3.83. The van der Waals surface area contributed by atoms with Crippen LogP contribution in [0.1, 0.15) is 30.4 Å². The van der Waals surface area contributed by atoms with Gasteiger partial charge in [-0.25, -0.2) is 0 Å². The number of methoxy groups -OCH3 is 1. The van der Waals surface area contributed by atoms with Gasteiger partial charge in [0.1, 0.15) is 0 Å². The first kappa shape index (κ1) is 14.9. The number of piperidine rings is 1. The summed E-state index contributed by atoms with van der Waals surface area (Å²) in [5, 5.41) is 0. The molecule has 0 spiro atoms. The van der Waals surface area contributed by atoms with Gasteiger partial charge in [-0.2, -0.15) is 0 Å². The summed E-state index contributed by atoms with van der Waals surface area (Å²) in [5.41, 5.74) is 4.28. The van der Waals surface area contributed by atoms with E-state index in [0.29, 0.717) is 6.10 Å². The average Bonchev–Trinajstić information content (AvgIpc) is 2.99. The predicted molar refractivity (Wildman–Crippen MR) is 88.1 cm³/mol. The highest BCUT2D eigenvalue weighted by atomic mass is 16.5. The Bertz CT molecular complexity index is 480. The van der Waals surface area contributed by atoms with Gasteiger partial charge in [-0.05, 0) is 50.3 Å². The number of ether oxygens (including phenoxy) is 1. The second kappa shape index (κ2) is 6.37. The van der Waals surface area contributed by atoms with E-state index in [0.717, 1.165) is 12.6 Å². The van der Waals surface area contributed by atoms with E-state index in [2.05, 4.69) is 41.8 Å². The van der Waals surface area contributed by atoms with Crippen LogP contribution >= 0.6 is 0 Å². The van der Waals surface area contributed by atoms with Crippen LogP contribution < -0.4 is 4.90 Å². The van der Waals surface area contributed by atoms with Gasteiger partial charge in [0.15, 0.2) is 0 Å². The van der Waals surface area contributed by atoms with Crippen molar-refractivity contribution in [1.29, 1.82) is 0 Å². The first-order valence-electron chi connectivity index (χ1n) is 8.27. The zero-order valence-corrected chi connectivity index (χ0v) is 13.6. The molecule has 116 valence electrons.